The van der Waals surface area contributed by atoms with Gasteiger partial charge in [0, 0.05) is 30.6 Å². The summed E-state index contributed by atoms with van der Waals surface area (Å²) in [5.41, 5.74) is 2.10. The minimum Gasteiger partial charge on any atom is -0.315 e. The molecule has 0 aliphatic carbocycles. The number of nitrogens with zero attached hydrogens (tertiary/aromatic N) is 1. The fourth-order valence-electron chi connectivity index (χ4n) is 1.46. The fourth-order valence-corrected chi connectivity index (χ4v) is 1.69. The third-order valence-corrected chi connectivity index (χ3v) is 2.88. The van der Waals surface area contributed by atoms with Gasteiger partial charge in [-0.1, -0.05) is 0 Å². The molecule has 2 aromatic heterocycles. The van der Waals surface area contributed by atoms with Gasteiger partial charge < -0.3 is 19.7 Å². The van der Waals surface area contributed by atoms with Crippen LogP contribution in [0.1, 0.15) is 5.56 Å². The summed E-state index contributed by atoms with van der Waals surface area (Å²) in [6.45, 7) is 0.859. The van der Waals surface area contributed by atoms with Crippen LogP contribution in [0.25, 0.3) is 0 Å². The summed E-state index contributed by atoms with van der Waals surface area (Å²) in [5.74, 6) is 0. The van der Waals surface area contributed by atoms with Crippen molar-refractivity contribution in [2.75, 3.05) is 14.2 Å². The SMILES string of the molecule is CNCc1c[nH]c(=O)[nH]c1=O.CONCn1ccc(=O)[nH]c1=S. The van der Waals surface area contributed by atoms with Crippen LogP contribution in [0.3, 0.4) is 0 Å². The fraction of sp³-hybridized carbons (Fsp3) is 0.333. The molecule has 11 heteroatoms. The van der Waals surface area contributed by atoms with Gasteiger partial charge in [-0.2, -0.15) is 5.48 Å². The molecule has 0 radical (unpaired) electrons. The number of nitrogens with one attached hydrogen (secondary N) is 5. The first kappa shape index (κ1) is 18.7. The lowest BCUT2D eigenvalue weighted by atomic mass is 10.3. The van der Waals surface area contributed by atoms with E-state index in [-0.39, 0.29) is 11.1 Å². The predicted octanol–water partition coefficient (Wildman–Crippen LogP) is -1.20. The molecule has 2 rings (SSSR count). The first-order chi connectivity index (χ1) is 11.0. The van der Waals surface area contributed by atoms with Crippen molar-refractivity contribution in [1.82, 2.24) is 30.3 Å². The molecule has 126 valence electrons. The number of hydroxylamine groups is 1. The molecule has 0 fully saturated rings. The highest BCUT2D eigenvalue weighted by Crippen LogP contribution is 1.83. The highest BCUT2D eigenvalue weighted by Gasteiger charge is 1.96. The monoisotopic (exact) mass is 342 g/mol. The maximum atomic E-state index is 10.9. The Morgan fingerprint density at radius 3 is 2.61 bits per heavy atom. The molecule has 0 saturated heterocycles. The molecule has 5 N–H and O–H groups in total. The molecule has 0 saturated carbocycles. The van der Waals surface area contributed by atoms with Crippen LogP contribution < -0.4 is 27.6 Å². The topological polar surface area (TPSA) is 137 Å². The Labute approximate surface area is 135 Å². The van der Waals surface area contributed by atoms with Crippen molar-refractivity contribution >= 4 is 12.2 Å². The quantitative estimate of drug-likeness (QED) is 0.340. The van der Waals surface area contributed by atoms with Crippen molar-refractivity contribution in [1.29, 1.82) is 0 Å². The van der Waals surface area contributed by atoms with E-state index < -0.39 is 5.69 Å². The van der Waals surface area contributed by atoms with Gasteiger partial charge in [0.1, 0.15) is 0 Å². The number of aromatic nitrogens is 4. The molecule has 23 heavy (non-hydrogen) atoms. The van der Waals surface area contributed by atoms with Gasteiger partial charge in [-0.05, 0) is 19.3 Å². The van der Waals surface area contributed by atoms with Crippen LogP contribution in [0.2, 0.25) is 0 Å². The zero-order valence-electron chi connectivity index (χ0n) is 12.6. The van der Waals surface area contributed by atoms with Crippen LogP contribution in [-0.2, 0) is 18.1 Å². The Kier molecular flexibility index (Phi) is 7.83. The van der Waals surface area contributed by atoms with Crippen LogP contribution in [-0.4, -0.2) is 33.7 Å². The summed E-state index contributed by atoms with van der Waals surface area (Å²) >= 11 is 4.86. The molecule has 0 aliphatic rings. The van der Waals surface area contributed by atoms with E-state index in [0.29, 0.717) is 23.5 Å². The van der Waals surface area contributed by atoms with Gasteiger partial charge in [0.2, 0.25) is 0 Å². The molecule has 0 unspecified atom stereocenters. The maximum Gasteiger partial charge on any atom is 0.325 e. The largest absolute Gasteiger partial charge is 0.325 e. The summed E-state index contributed by atoms with van der Waals surface area (Å²) in [5, 5.41) is 2.80. The highest BCUT2D eigenvalue weighted by molar-refractivity contribution is 7.71. The van der Waals surface area contributed by atoms with Crippen molar-refractivity contribution in [3.05, 3.63) is 60.0 Å². The van der Waals surface area contributed by atoms with E-state index >= 15 is 0 Å². The Bertz CT molecular complexity index is 836. The van der Waals surface area contributed by atoms with Gasteiger partial charge in [-0.15, -0.1) is 0 Å². The van der Waals surface area contributed by atoms with Gasteiger partial charge in [0.15, 0.2) is 4.77 Å². The van der Waals surface area contributed by atoms with Crippen LogP contribution in [0.15, 0.2) is 32.8 Å². The Morgan fingerprint density at radius 1 is 1.30 bits per heavy atom. The molecule has 0 bridgehead atoms. The highest BCUT2D eigenvalue weighted by atomic mass is 32.1. The molecule has 0 aliphatic heterocycles. The molecule has 0 amide bonds. The molecule has 0 atom stereocenters. The van der Waals surface area contributed by atoms with E-state index in [9.17, 15) is 14.4 Å². The second kappa shape index (κ2) is 9.63. The van der Waals surface area contributed by atoms with Crippen LogP contribution in [0.4, 0.5) is 0 Å². The van der Waals surface area contributed by atoms with Crippen molar-refractivity contribution in [3.63, 3.8) is 0 Å². The molecule has 2 aromatic rings. The van der Waals surface area contributed by atoms with Gasteiger partial charge in [0.25, 0.3) is 11.1 Å². The normalized spacial score (nSPS) is 10.0. The molecular weight excluding hydrogens is 324 g/mol. The van der Waals surface area contributed by atoms with Crippen LogP contribution in [0, 0.1) is 4.77 Å². The van der Waals surface area contributed by atoms with Crippen LogP contribution >= 0.6 is 12.2 Å². The first-order valence-corrected chi connectivity index (χ1v) is 6.90. The lowest BCUT2D eigenvalue weighted by Crippen LogP contribution is -2.26. The number of hydrogen-bond acceptors (Lipinski definition) is 7. The summed E-state index contributed by atoms with van der Waals surface area (Å²) in [6, 6.07) is 1.40. The van der Waals surface area contributed by atoms with E-state index in [1.165, 1.54) is 19.4 Å². The zero-order valence-corrected chi connectivity index (χ0v) is 13.5. The van der Waals surface area contributed by atoms with E-state index in [2.05, 4.69) is 30.6 Å². The van der Waals surface area contributed by atoms with E-state index in [1.54, 1.807) is 17.8 Å². The third-order valence-electron chi connectivity index (χ3n) is 2.54. The average molecular weight is 342 g/mol. The summed E-state index contributed by atoms with van der Waals surface area (Å²) < 4.78 is 2.01. The second-order valence-electron chi connectivity index (χ2n) is 4.21. The Balaban J connectivity index is 0.000000231. The van der Waals surface area contributed by atoms with Gasteiger partial charge in [-0.3, -0.25) is 19.6 Å². The molecule has 0 aromatic carbocycles. The van der Waals surface area contributed by atoms with Gasteiger partial charge in [-0.25, -0.2) is 4.79 Å². The van der Waals surface area contributed by atoms with Gasteiger partial charge in [0.05, 0.1) is 13.8 Å². The molecule has 10 nitrogen and oxygen atoms in total. The second-order valence-corrected chi connectivity index (χ2v) is 4.60. The van der Waals surface area contributed by atoms with Crippen molar-refractivity contribution in [2.24, 2.45) is 0 Å². The number of hydrogen-bond donors (Lipinski definition) is 5. The third kappa shape index (κ3) is 6.52. The Morgan fingerprint density at radius 2 is 2.04 bits per heavy atom. The van der Waals surface area contributed by atoms with E-state index in [0.717, 1.165) is 0 Å². The smallest absolute Gasteiger partial charge is 0.315 e. The number of aromatic amines is 3. The zero-order chi connectivity index (χ0) is 17.2. The van der Waals surface area contributed by atoms with E-state index in [4.69, 9.17) is 12.2 Å². The number of H-pyrrole nitrogens is 3. The summed E-state index contributed by atoms with van der Waals surface area (Å²) in [7, 11) is 3.24. The average Bonchev–Trinajstić information content (AvgIpc) is 2.50. The minimum atomic E-state index is -0.477. The number of rotatable bonds is 5. The lowest BCUT2D eigenvalue weighted by Gasteiger charge is -2.04. The summed E-state index contributed by atoms with van der Waals surface area (Å²) in [4.78, 5) is 43.7. The first-order valence-electron chi connectivity index (χ1n) is 6.49. The van der Waals surface area contributed by atoms with Crippen molar-refractivity contribution in [3.8, 4) is 0 Å². The maximum absolute atomic E-state index is 10.9. The predicted molar refractivity (Wildman–Crippen MR) is 86.5 cm³/mol. The molecule has 0 spiro atoms. The standard InChI is InChI=1S/C6H9N3O2S.C6H9N3O2/c1-11-7-4-9-3-2-5(10)8-6(9)12;1-7-2-4-3-8-6(11)9-5(4)10/h2-3,7H,4H2,1H3,(H,8,10,12);3,7H,2H2,1H3,(H2,8,9,10,11). The lowest BCUT2D eigenvalue weighted by molar-refractivity contribution is 0.0697. The van der Waals surface area contributed by atoms with Crippen LogP contribution in [0.5, 0.6) is 0 Å². The van der Waals surface area contributed by atoms with Crippen molar-refractivity contribution in [2.45, 2.75) is 13.2 Å². The van der Waals surface area contributed by atoms with Crippen molar-refractivity contribution < 1.29 is 4.84 Å². The molecular formula is C12H18N6O4S. The summed E-state index contributed by atoms with van der Waals surface area (Å²) in [6.07, 6.45) is 2.99. The van der Waals surface area contributed by atoms with Gasteiger partial charge >= 0.3 is 5.69 Å². The van der Waals surface area contributed by atoms with E-state index in [1.807, 2.05) is 0 Å². The minimum absolute atomic E-state index is 0.200. The molecule has 2 heterocycles. The Hall–Kier alpha value is -2.34.